The number of benzene rings is 2. The zero-order valence-electron chi connectivity index (χ0n) is 19.2. The van der Waals surface area contributed by atoms with Gasteiger partial charge in [0.2, 0.25) is 6.41 Å². The Balaban J connectivity index is 1.60. The third kappa shape index (κ3) is 7.96. The van der Waals surface area contributed by atoms with E-state index in [1.54, 1.807) is 12.1 Å². The predicted octanol–water partition coefficient (Wildman–Crippen LogP) is 3.68. The van der Waals surface area contributed by atoms with Crippen molar-refractivity contribution in [2.24, 2.45) is 0 Å². The fraction of sp³-hybridized carbons (Fsp3) is 0.269. The van der Waals surface area contributed by atoms with Crippen LogP contribution in [0.15, 0.2) is 66.7 Å². The topological polar surface area (TPSA) is 81.5 Å². The summed E-state index contributed by atoms with van der Waals surface area (Å²) in [5.74, 6) is 0.914. The average molecular weight is 462 g/mol. The number of carbonyl (C=O) groups excluding carboxylic acids is 1. The molecule has 0 bridgehead atoms. The van der Waals surface area contributed by atoms with Crippen LogP contribution < -0.4 is 10.1 Å². The maximum absolute atomic E-state index is 13.1. The molecule has 0 saturated carbocycles. The Bertz CT molecular complexity index is 1080. The van der Waals surface area contributed by atoms with Gasteiger partial charge in [-0.1, -0.05) is 6.07 Å². The summed E-state index contributed by atoms with van der Waals surface area (Å²) < 4.78 is 18.8. The first-order valence-corrected chi connectivity index (χ1v) is 11.0. The molecule has 1 heterocycles. The predicted molar refractivity (Wildman–Crippen MR) is 129 cm³/mol. The van der Waals surface area contributed by atoms with E-state index < -0.39 is 0 Å². The summed E-state index contributed by atoms with van der Waals surface area (Å²) in [6, 6.07) is 21.5. The van der Waals surface area contributed by atoms with Gasteiger partial charge >= 0.3 is 0 Å². The number of nitriles is 1. The number of aromatic nitrogens is 1. The van der Waals surface area contributed by atoms with Crippen LogP contribution in [0.25, 0.3) is 11.3 Å². The fourth-order valence-corrected chi connectivity index (χ4v) is 3.34. The number of pyridine rings is 1. The van der Waals surface area contributed by atoms with Gasteiger partial charge in [-0.25, -0.2) is 4.39 Å². The van der Waals surface area contributed by atoms with Gasteiger partial charge in [0, 0.05) is 38.3 Å². The molecule has 0 saturated heterocycles. The van der Waals surface area contributed by atoms with E-state index in [0.717, 1.165) is 30.0 Å². The number of ether oxygens (including phenoxy) is 1. The molecule has 0 fully saturated rings. The molecule has 0 aliphatic heterocycles. The lowest BCUT2D eigenvalue weighted by molar-refractivity contribution is -0.109. The summed E-state index contributed by atoms with van der Waals surface area (Å²) in [4.78, 5) is 19.3. The van der Waals surface area contributed by atoms with Crippen molar-refractivity contribution in [2.75, 3.05) is 39.8 Å². The molecular weight excluding hydrogens is 433 g/mol. The number of nitrogens with one attached hydrogen (secondary N) is 1. The highest BCUT2D eigenvalue weighted by molar-refractivity contribution is 5.60. The second-order valence-electron chi connectivity index (χ2n) is 7.84. The van der Waals surface area contributed by atoms with E-state index in [4.69, 9.17) is 9.72 Å². The Morgan fingerprint density at radius 2 is 1.74 bits per heavy atom. The molecule has 0 aliphatic rings. The van der Waals surface area contributed by atoms with Crippen LogP contribution in [0.3, 0.4) is 0 Å². The van der Waals surface area contributed by atoms with Gasteiger partial charge in [0.25, 0.3) is 0 Å². The van der Waals surface area contributed by atoms with Crippen molar-refractivity contribution in [1.82, 2.24) is 20.1 Å². The SMILES string of the molecule is CN(CCNC=O)CCN(CC#N)Cc1cccc(-c2ccc(Oc3ccc(F)cc3)cc2)n1. The monoisotopic (exact) mass is 461 g/mol. The molecule has 2 aromatic carbocycles. The molecule has 1 N–H and O–H groups in total. The summed E-state index contributed by atoms with van der Waals surface area (Å²) in [6.45, 7) is 3.70. The van der Waals surface area contributed by atoms with Crippen LogP contribution in [0.4, 0.5) is 4.39 Å². The molecule has 7 nitrogen and oxygen atoms in total. The highest BCUT2D eigenvalue weighted by Gasteiger charge is 2.10. The van der Waals surface area contributed by atoms with Gasteiger partial charge in [0.15, 0.2) is 0 Å². The van der Waals surface area contributed by atoms with E-state index >= 15 is 0 Å². The van der Waals surface area contributed by atoms with Crippen LogP contribution in [-0.2, 0) is 11.3 Å². The van der Waals surface area contributed by atoms with E-state index in [1.165, 1.54) is 12.1 Å². The summed E-state index contributed by atoms with van der Waals surface area (Å²) >= 11 is 0. The zero-order chi connectivity index (χ0) is 24.2. The molecule has 34 heavy (non-hydrogen) atoms. The van der Waals surface area contributed by atoms with Gasteiger partial charge in [-0.3, -0.25) is 14.7 Å². The van der Waals surface area contributed by atoms with E-state index in [0.29, 0.717) is 44.1 Å². The molecule has 8 heteroatoms. The van der Waals surface area contributed by atoms with E-state index in [-0.39, 0.29) is 5.82 Å². The van der Waals surface area contributed by atoms with Crippen LogP contribution in [0, 0.1) is 17.1 Å². The first-order valence-electron chi connectivity index (χ1n) is 11.0. The van der Waals surface area contributed by atoms with Gasteiger partial charge in [-0.05, 0) is 67.7 Å². The highest BCUT2D eigenvalue weighted by Crippen LogP contribution is 2.25. The molecule has 0 spiro atoms. The highest BCUT2D eigenvalue weighted by atomic mass is 19.1. The Morgan fingerprint density at radius 3 is 2.41 bits per heavy atom. The van der Waals surface area contributed by atoms with Gasteiger partial charge in [0.1, 0.15) is 17.3 Å². The Kier molecular flexibility index (Phi) is 9.52. The van der Waals surface area contributed by atoms with Crippen LogP contribution >= 0.6 is 0 Å². The van der Waals surface area contributed by atoms with Crippen molar-refractivity contribution in [3.05, 3.63) is 78.2 Å². The Labute approximate surface area is 199 Å². The number of carbonyl (C=O) groups is 1. The van der Waals surface area contributed by atoms with Crippen LogP contribution in [0.1, 0.15) is 5.69 Å². The molecule has 0 atom stereocenters. The molecule has 0 radical (unpaired) electrons. The number of nitrogens with zero attached hydrogens (tertiary/aromatic N) is 4. The average Bonchev–Trinajstić information content (AvgIpc) is 2.85. The molecule has 0 aliphatic carbocycles. The van der Waals surface area contributed by atoms with Crippen LogP contribution in [-0.4, -0.2) is 61.0 Å². The summed E-state index contributed by atoms with van der Waals surface area (Å²) in [5, 5.41) is 11.9. The number of hydrogen-bond donors (Lipinski definition) is 1. The smallest absolute Gasteiger partial charge is 0.207 e. The molecule has 1 aromatic heterocycles. The second kappa shape index (κ2) is 13.0. The first-order chi connectivity index (χ1) is 16.6. The van der Waals surface area contributed by atoms with Gasteiger partial charge in [-0.2, -0.15) is 5.26 Å². The van der Waals surface area contributed by atoms with Gasteiger partial charge in [-0.15, -0.1) is 0 Å². The second-order valence-corrected chi connectivity index (χ2v) is 7.84. The summed E-state index contributed by atoms with van der Waals surface area (Å²) in [7, 11) is 1.99. The Hall–Kier alpha value is -3.80. The first kappa shape index (κ1) is 24.8. The molecule has 3 aromatic rings. The van der Waals surface area contributed by atoms with E-state index in [1.807, 2.05) is 49.5 Å². The number of likely N-dealkylation sites (N-methyl/N-ethyl adjacent to an activating group) is 1. The van der Waals surface area contributed by atoms with Crippen LogP contribution in [0.5, 0.6) is 11.5 Å². The zero-order valence-corrected chi connectivity index (χ0v) is 19.2. The van der Waals surface area contributed by atoms with E-state index in [9.17, 15) is 14.4 Å². The van der Waals surface area contributed by atoms with Crippen molar-refractivity contribution < 1.29 is 13.9 Å². The number of amides is 1. The van der Waals surface area contributed by atoms with Crippen molar-refractivity contribution in [2.45, 2.75) is 6.54 Å². The molecule has 176 valence electrons. The van der Waals surface area contributed by atoms with Crippen molar-refractivity contribution >= 4 is 6.41 Å². The number of rotatable bonds is 13. The largest absolute Gasteiger partial charge is 0.457 e. The van der Waals surface area contributed by atoms with Gasteiger partial charge < -0.3 is 15.0 Å². The lowest BCUT2D eigenvalue weighted by atomic mass is 10.1. The van der Waals surface area contributed by atoms with Gasteiger partial charge in [0.05, 0.1) is 24.0 Å². The summed E-state index contributed by atoms with van der Waals surface area (Å²) in [6.07, 6.45) is 0.695. The minimum absolute atomic E-state index is 0.305. The maximum Gasteiger partial charge on any atom is 0.207 e. The fourth-order valence-electron chi connectivity index (χ4n) is 3.34. The van der Waals surface area contributed by atoms with E-state index in [2.05, 4.69) is 21.2 Å². The standard InChI is InChI=1S/C26H28FN5O2/c1-31(16-14-29-20-33)17-18-32(15-13-28)19-23-3-2-4-26(30-23)21-5-9-24(10-6-21)34-25-11-7-22(27)8-12-25/h2-12,20H,14-19H2,1H3,(H,29,33). The van der Waals surface area contributed by atoms with Crippen LogP contribution in [0.2, 0.25) is 0 Å². The number of hydrogen-bond acceptors (Lipinski definition) is 6. The normalized spacial score (nSPS) is 10.8. The molecule has 0 unspecified atom stereocenters. The maximum atomic E-state index is 13.1. The number of halogens is 1. The quantitative estimate of drug-likeness (QED) is 0.238. The molecule has 1 amide bonds. The van der Waals surface area contributed by atoms with Crippen molar-refractivity contribution in [3.8, 4) is 28.8 Å². The molecular formula is C26H28FN5O2. The lowest BCUT2D eigenvalue weighted by Gasteiger charge is -2.23. The Morgan fingerprint density at radius 1 is 1.03 bits per heavy atom. The van der Waals surface area contributed by atoms with Crippen molar-refractivity contribution in [1.29, 1.82) is 5.26 Å². The third-order valence-electron chi connectivity index (χ3n) is 5.21. The third-order valence-corrected chi connectivity index (χ3v) is 5.21. The minimum Gasteiger partial charge on any atom is -0.457 e. The lowest BCUT2D eigenvalue weighted by Crippen LogP contribution is -2.36. The van der Waals surface area contributed by atoms with Crippen molar-refractivity contribution in [3.63, 3.8) is 0 Å². The molecule has 3 rings (SSSR count). The minimum atomic E-state index is -0.305. The summed E-state index contributed by atoms with van der Waals surface area (Å²) in [5.41, 5.74) is 2.66.